The number of Topliss-reactive ketones (excluding diaryl/α,β-unsaturated/α-hetero) is 1. The summed E-state index contributed by atoms with van der Waals surface area (Å²) in [6.45, 7) is 32.1. The van der Waals surface area contributed by atoms with Crippen molar-refractivity contribution in [3.63, 3.8) is 0 Å². The van der Waals surface area contributed by atoms with Crippen molar-refractivity contribution in [1.82, 2.24) is 20.4 Å². The number of rotatable bonds is 40. The first kappa shape index (κ1) is 93.0. The minimum atomic E-state index is -0.573. The van der Waals surface area contributed by atoms with E-state index in [-0.39, 0.29) is 47.7 Å². The molecule has 2 N–H and O–H groups in total. The molecule has 1 aliphatic rings. The van der Waals surface area contributed by atoms with E-state index >= 15 is 0 Å². The van der Waals surface area contributed by atoms with Crippen LogP contribution in [0.3, 0.4) is 0 Å². The highest BCUT2D eigenvalue weighted by Crippen LogP contribution is 2.33. The predicted molar refractivity (Wildman–Crippen MR) is 412 cm³/mol. The summed E-state index contributed by atoms with van der Waals surface area (Å²) in [5, 5.41) is 6.11. The van der Waals surface area contributed by atoms with Crippen molar-refractivity contribution in [1.29, 1.82) is 0 Å². The molecule has 1 atom stereocenters. The van der Waals surface area contributed by atoms with Gasteiger partial charge in [0.2, 0.25) is 11.8 Å². The topological polar surface area (TPSA) is 161 Å². The number of carbonyl (C=O) groups excluding carboxylic acids is 6. The number of hydrogen-bond acceptors (Lipinski definition) is 11. The first-order chi connectivity index (χ1) is 47.0. The summed E-state index contributed by atoms with van der Waals surface area (Å²) >= 11 is 0. The average molecular weight is 1380 g/mol. The normalized spacial score (nSPS) is 19.1. The molecule has 0 aromatic carbocycles. The second-order valence-corrected chi connectivity index (χ2v) is 33.1. The molecule has 1 unspecified atom stereocenters. The molecular weight excluding hydrogens is 1220 g/mol. The zero-order chi connectivity index (χ0) is 72.4. The monoisotopic (exact) mass is 1380 g/mol. The van der Waals surface area contributed by atoms with E-state index in [0.29, 0.717) is 57.5 Å². The molecule has 1 saturated heterocycles. The minimum absolute atomic E-state index is 0.0138. The van der Waals surface area contributed by atoms with Gasteiger partial charge in [-0.25, -0.2) is 0 Å². The molecular formula is C85H162N4O9. The van der Waals surface area contributed by atoms with E-state index in [9.17, 15) is 28.8 Å². The van der Waals surface area contributed by atoms with Crippen LogP contribution < -0.4 is 10.6 Å². The van der Waals surface area contributed by atoms with Gasteiger partial charge in [0.05, 0.1) is 29.5 Å². The predicted octanol–water partition coefficient (Wildman–Crippen LogP) is 22.1. The molecule has 1 fully saturated rings. The van der Waals surface area contributed by atoms with Gasteiger partial charge in [-0.3, -0.25) is 28.8 Å². The van der Waals surface area contributed by atoms with E-state index in [0.717, 1.165) is 200 Å². The van der Waals surface area contributed by atoms with Crippen molar-refractivity contribution in [2.24, 2.45) is 27.6 Å². The van der Waals surface area contributed by atoms with E-state index in [1.165, 1.54) is 141 Å². The second kappa shape index (κ2) is 59.3. The van der Waals surface area contributed by atoms with E-state index in [2.05, 4.69) is 75.8 Å². The number of amides is 2. The molecule has 0 aliphatic carbocycles. The Morgan fingerprint density at radius 1 is 0.480 bits per heavy atom. The fraction of sp³-hybridized carbons (Fsp3) is 0.929. The van der Waals surface area contributed by atoms with Crippen LogP contribution in [0.2, 0.25) is 0 Å². The third kappa shape index (κ3) is 50.3. The molecule has 0 aromatic rings. The average Bonchev–Trinajstić information content (AvgIpc) is 1.04. The Kier molecular flexibility index (Phi) is 56.3. The SMILES string of the molecule is CCCCCCCCCCCOC(=O)C(C)(C)CCCCN1CCCCCCC(C)(C)C(=O)CC(CC)CCCCCCCCCCOC(=O)C(C)(C)CCCCN(CCCCCCC(C)(C)C(=O)OC(CCCCCCCC)CCCCCCCC)CCNC(=O)CC(=O)NCC1. The van der Waals surface area contributed by atoms with E-state index in [4.69, 9.17) is 14.2 Å². The molecule has 98 heavy (non-hydrogen) atoms. The lowest BCUT2D eigenvalue weighted by atomic mass is 9.78. The molecule has 0 saturated carbocycles. The lowest BCUT2D eigenvalue weighted by molar-refractivity contribution is -0.161. The standard InChI is InChI=1S/C85H162N4O9/c1-13-17-20-23-26-28-31-40-53-70-96-79(93)83(7,8)60-47-51-66-88-64-49-38-36-45-58-82(5,6)76(90)72-74(16-4)55-42-33-30-27-29-32-41-54-71-97-80(94)84(9,10)61-48-52-67-89(69-63-87-78(92)73-77(91)86-62-68-88)65-50-39-37-46-59-85(11,12)81(95)98-75(56-43-34-24-21-18-14-2)57-44-35-25-22-19-15-3/h74-75H,13-73H2,1-12H3,(H,86,91)(H,87,92). The smallest absolute Gasteiger partial charge is 0.311 e. The Balaban J connectivity index is 3.04. The molecule has 0 spiro atoms. The number of carbonyl (C=O) groups is 6. The van der Waals surface area contributed by atoms with Gasteiger partial charge in [-0.1, -0.05) is 266 Å². The maximum Gasteiger partial charge on any atom is 0.311 e. The lowest BCUT2D eigenvalue weighted by Crippen LogP contribution is -2.40. The van der Waals surface area contributed by atoms with Gasteiger partial charge < -0.3 is 34.6 Å². The maximum absolute atomic E-state index is 13.8. The maximum atomic E-state index is 13.8. The molecule has 2 amide bonds. The number of esters is 3. The summed E-state index contributed by atoms with van der Waals surface area (Å²) in [6, 6.07) is 0. The van der Waals surface area contributed by atoms with Crippen LogP contribution in [0.5, 0.6) is 0 Å². The van der Waals surface area contributed by atoms with Crippen LogP contribution >= 0.6 is 0 Å². The van der Waals surface area contributed by atoms with Crippen molar-refractivity contribution in [2.75, 3.05) is 65.6 Å². The summed E-state index contributed by atoms with van der Waals surface area (Å²) in [6.07, 6.45) is 54.8. The molecule has 1 aliphatic heterocycles. The zero-order valence-electron chi connectivity index (χ0n) is 66.9. The number of ether oxygens (including phenoxy) is 3. The van der Waals surface area contributed by atoms with Gasteiger partial charge in [0, 0.05) is 38.0 Å². The third-order valence-corrected chi connectivity index (χ3v) is 21.6. The van der Waals surface area contributed by atoms with Crippen molar-refractivity contribution in [3.05, 3.63) is 0 Å². The van der Waals surface area contributed by atoms with Crippen molar-refractivity contribution >= 4 is 35.5 Å². The molecule has 0 bridgehead atoms. The van der Waals surface area contributed by atoms with Gasteiger partial charge in [0.15, 0.2) is 0 Å². The second-order valence-electron chi connectivity index (χ2n) is 33.1. The van der Waals surface area contributed by atoms with Gasteiger partial charge in [-0.2, -0.15) is 0 Å². The molecule has 13 nitrogen and oxygen atoms in total. The van der Waals surface area contributed by atoms with Crippen LogP contribution in [0.1, 0.15) is 411 Å². The van der Waals surface area contributed by atoms with Gasteiger partial charge in [0.1, 0.15) is 18.3 Å². The Hall–Kier alpha value is -3.06. The summed E-state index contributed by atoms with van der Waals surface area (Å²) in [5.74, 6) is 0.0289. The highest BCUT2D eigenvalue weighted by molar-refractivity contribution is 5.96. The lowest BCUT2D eigenvalue weighted by Gasteiger charge is -2.27. The molecule has 0 radical (unpaired) electrons. The first-order valence-corrected chi connectivity index (χ1v) is 42.1. The number of ketones is 1. The number of cyclic esters (lactones) is 1. The largest absolute Gasteiger partial charge is 0.465 e. The quantitative estimate of drug-likeness (QED) is 0.0260. The Morgan fingerprint density at radius 3 is 1.43 bits per heavy atom. The molecule has 1 rings (SSSR count). The van der Waals surface area contributed by atoms with E-state index in [1.54, 1.807) is 0 Å². The van der Waals surface area contributed by atoms with Crippen LogP contribution in [-0.2, 0) is 43.0 Å². The number of unbranched alkanes of at least 4 members (excludes halogenated alkanes) is 22. The van der Waals surface area contributed by atoms with Gasteiger partial charge in [-0.05, 0) is 164 Å². The van der Waals surface area contributed by atoms with Crippen LogP contribution in [0, 0.1) is 27.6 Å². The van der Waals surface area contributed by atoms with Crippen LogP contribution in [0.4, 0.5) is 0 Å². The summed E-state index contributed by atoms with van der Waals surface area (Å²) in [5.41, 5.74) is -1.98. The highest BCUT2D eigenvalue weighted by atomic mass is 16.5. The number of hydrogen-bond donors (Lipinski definition) is 2. The zero-order valence-corrected chi connectivity index (χ0v) is 66.9. The van der Waals surface area contributed by atoms with Gasteiger partial charge in [0.25, 0.3) is 0 Å². The minimum Gasteiger partial charge on any atom is -0.465 e. The van der Waals surface area contributed by atoms with E-state index in [1.807, 2.05) is 27.7 Å². The van der Waals surface area contributed by atoms with Gasteiger partial charge >= 0.3 is 17.9 Å². The highest BCUT2D eigenvalue weighted by Gasteiger charge is 2.33. The molecule has 576 valence electrons. The summed E-state index contributed by atoms with van der Waals surface area (Å²) < 4.78 is 18.0. The van der Waals surface area contributed by atoms with Crippen molar-refractivity contribution in [2.45, 2.75) is 417 Å². The Morgan fingerprint density at radius 2 is 0.888 bits per heavy atom. The van der Waals surface area contributed by atoms with Crippen molar-refractivity contribution in [3.8, 4) is 0 Å². The van der Waals surface area contributed by atoms with Crippen LogP contribution in [-0.4, -0.2) is 117 Å². The van der Waals surface area contributed by atoms with Crippen molar-refractivity contribution < 1.29 is 43.0 Å². The first-order valence-electron chi connectivity index (χ1n) is 42.1. The third-order valence-electron chi connectivity index (χ3n) is 21.6. The fourth-order valence-corrected chi connectivity index (χ4v) is 14.0. The Bertz CT molecular complexity index is 1970. The molecule has 0 aromatic heterocycles. The number of nitrogens with one attached hydrogen (secondary N) is 2. The fourth-order valence-electron chi connectivity index (χ4n) is 14.0. The molecule has 1 heterocycles. The Labute approximate surface area is 605 Å². The summed E-state index contributed by atoms with van der Waals surface area (Å²) in [4.78, 5) is 85.6. The van der Waals surface area contributed by atoms with Gasteiger partial charge in [-0.15, -0.1) is 0 Å². The van der Waals surface area contributed by atoms with Crippen LogP contribution in [0.25, 0.3) is 0 Å². The van der Waals surface area contributed by atoms with E-state index < -0.39 is 16.2 Å². The molecule has 13 heteroatoms. The summed E-state index contributed by atoms with van der Waals surface area (Å²) in [7, 11) is 0. The number of nitrogens with zero attached hydrogens (tertiary/aromatic N) is 2. The van der Waals surface area contributed by atoms with Crippen LogP contribution in [0.15, 0.2) is 0 Å².